The Kier molecular flexibility index (Phi) is 2.97. The summed E-state index contributed by atoms with van der Waals surface area (Å²) in [6.07, 6.45) is 17.5. The van der Waals surface area contributed by atoms with E-state index in [1.807, 2.05) is 0 Å². The molecule has 0 aliphatic heterocycles. The van der Waals surface area contributed by atoms with Gasteiger partial charge in [-0.05, 0) is 24.3 Å². The van der Waals surface area contributed by atoms with Gasteiger partial charge in [0.15, 0.2) is 0 Å². The van der Waals surface area contributed by atoms with Crippen LogP contribution in [-0.4, -0.2) is 4.57 Å². The molecule has 0 bridgehead atoms. The third-order valence-electron chi connectivity index (χ3n) is 4.13. The molecule has 1 aromatic heterocycles. The minimum absolute atomic E-state index is 0.369. The van der Waals surface area contributed by atoms with Crippen LogP contribution in [0.2, 0.25) is 0 Å². The fraction of sp³-hybridized carbons (Fsp3) is 0.100. The first-order valence-corrected chi connectivity index (χ1v) is 7.40. The fourth-order valence-electron chi connectivity index (χ4n) is 3.12. The van der Waals surface area contributed by atoms with Gasteiger partial charge in [0, 0.05) is 28.9 Å². The lowest BCUT2D eigenvalue weighted by Gasteiger charge is -2.18. The largest absolute Gasteiger partial charge is 0.316 e. The van der Waals surface area contributed by atoms with Crippen LogP contribution in [0.5, 0.6) is 0 Å². The van der Waals surface area contributed by atoms with E-state index in [0.29, 0.717) is 11.8 Å². The Bertz CT molecular complexity index is 687. The standard InChI is InChI=1S/C20H17N/c1-2-12-18(13-3-1)21-19(16-8-4-5-9-16)14-15-20(21)17-10-6-7-11-17/h1-17H. The first-order valence-electron chi connectivity index (χ1n) is 7.40. The first-order chi connectivity index (χ1) is 10.4. The molecule has 0 atom stereocenters. The molecular formula is C20H17N. The molecular weight excluding hydrogens is 254 g/mol. The van der Waals surface area contributed by atoms with E-state index in [0.717, 1.165) is 0 Å². The van der Waals surface area contributed by atoms with E-state index in [-0.39, 0.29) is 0 Å². The van der Waals surface area contributed by atoms with Crippen molar-refractivity contribution < 1.29 is 0 Å². The molecule has 21 heavy (non-hydrogen) atoms. The Balaban J connectivity index is 1.88. The van der Waals surface area contributed by atoms with Gasteiger partial charge >= 0.3 is 0 Å². The van der Waals surface area contributed by atoms with Crippen molar-refractivity contribution in [3.8, 4) is 5.69 Å². The lowest BCUT2D eigenvalue weighted by Crippen LogP contribution is -2.07. The van der Waals surface area contributed by atoms with Crippen LogP contribution in [0.4, 0.5) is 0 Å². The molecule has 1 aromatic carbocycles. The summed E-state index contributed by atoms with van der Waals surface area (Å²) >= 11 is 0. The number of aromatic nitrogens is 1. The van der Waals surface area contributed by atoms with E-state index in [1.54, 1.807) is 0 Å². The van der Waals surface area contributed by atoms with E-state index in [9.17, 15) is 0 Å². The third kappa shape index (κ3) is 2.11. The highest BCUT2D eigenvalue weighted by atomic mass is 15.0. The maximum Gasteiger partial charge on any atom is 0.0455 e. The van der Waals surface area contributed by atoms with Crippen molar-refractivity contribution in [2.45, 2.75) is 11.8 Å². The van der Waals surface area contributed by atoms with Gasteiger partial charge in [-0.25, -0.2) is 0 Å². The van der Waals surface area contributed by atoms with Gasteiger partial charge in [-0.2, -0.15) is 0 Å². The molecule has 102 valence electrons. The molecule has 0 unspecified atom stereocenters. The zero-order chi connectivity index (χ0) is 14.1. The summed E-state index contributed by atoms with van der Waals surface area (Å²) in [5.74, 6) is 0.738. The van der Waals surface area contributed by atoms with Gasteiger partial charge in [-0.15, -0.1) is 0 Å². The van der Waals surface area contributed by atoms with Crippen LogP contribution in [0.1, 0.15) is 23.2 Å². The normalized spacial score (nSPS) is 17.3. The summed E-state index contributed by atoms with van der Waals surface area (Å²) in [4.78, 5) is 0. The van der Waals surface area contributed by atoms with Gasteiger partial charge in [-0.3, -0.25) is 0 Å². The van der Waals surface area contributed by atoms with Gasteiger partial charge in [0.1, 0.15) is 0 Å². The number of para-hydroxylation sites is 1. The lowest BCUT2D eigenvalue weighted by molar-refractivity contribution is 0.846. The van der Waals surface area contributed by atoms with Crippen molar-refractivity contribution in [1.82, 2.24) is 4.57 Å². The average Bonchev–Trinajstić information content (AvgIpc) is 3.27. The molecule has 0 saturated carbocycles. The summed E-state index contributed by atoms with van der Waals surface area (Å²) in [6.45, 7) is 0. The van der Waals surface area contributed by atoms with Gasteiger partial charge < -0.3 is 4.57 Å². The van der Waals surface area contributed by atoms with E-state index < -0.39 is 0 Å². The van der Waals surface area contributed by atoms with Crippen LogP contribution in [0.25, 0.3) is 5.69 Å². The number of rotatable bonds is 3. The van der Waals surface area contributed by atoms with E-state index >= 15 is 0 Å². The van der Waals surface area contributed by atoms with Crippen LogP contribution < -0.4 is 0 Å². The Hall–Kier alpha value is -2.54. The third-order valence-corrected chi connectivity index (χ3v) is 4.13. The summed E-state index contributed by atoms with van der Waals surface area (Å²) in [5, 5.41) is 0. The van der Waals surface area contributed by atoms with Gasteiger partial charge in [0.2, 0.25) is 0 Å². The topological polar surface area (TPSA) is 4.93 Å². The van der Waals surface area contributed by atoms with Crippen LogP contribution in [0.3, 0.4) is 0 Å². The predicted octanol–water partition coefficient (Wildman–Crippen LogP) is 4.90. The molecule has 2 aliphatic carbocycles. The summed E-state index contributed by atoms with van der Waals surface area (Å²) in [7, 11) is 0. The second-order valence-corrected chi connectivity index (χ2v) is 5.45. The van der Waals surface area contributed by atoms with Crippen LogP contribution in [0, 0.1) is 0 Å². The van der Waals surface area contributed by atoms with Crippen molar-refractivity contribution >= 4 is 0 Å². The summed E-state index contributed by atoms with van der Waals surface area (Å²) in [5.41, 5.74) is 3.89. The van der Waals surface area contributed by atoms with Crippen molar-refractivity contribution in [2.75, 3.05) is 0 Å². The van der Waals surface area contributed by atoms with E-state index in [1.165, 1.54) is 17.1 Å². The Labute approximate surface area is 125 Å². The van der Waals surface area contributed by atoms with Crippen molar-refractivity contribution in [3.05, 3.63) is 102 Å². The number of benzene rings is 1. The molecule has 1 heteroatoms. The van der Waals surface area contributed by atoms with Gasteiger partial charge in [-0.1, -0.05) is 66.8 Å². The highest BCUT2D eigenvalue weighted by Gasteiger charge is 2.20. The molecule has 4 rings (SSSR count). The molecule has 0 fully saturated rings. The maximum absolute atomic E-state index is 2.40. The Morgan fingerprint density at radius 3 is 1.52 bits per heavy atom. The monoisotopic (exact) mass is 271 g/mol. The number of hydrogen-bond donors (Lipinski definition) is 0. The van der Waals surface area contributed by atoms with E-state index in [4.69, 9.17) is 0 Å². The molecule has 1 nitrogen and oxygen atoms in total. The minimum atomic E-state index is 0.369. The summed E-state index contributed by atoms with van der Waals surface area (Å²) in [6, 6.07) is 15.1. The molecule has 0 radical (unpaired) electrons. The highest BCUT2D eigenvalue weighted by molar-refractivity contribution is 5.46. The molecule has 0 saturated heterocycles. The molecule has 2 aromatic rings. The zero-order valence-electron chi connectivity index (χ0n) is 11.8. The SMILES string of the molecule is C1=CC(c2ccc(C3C=CC=C3)n2-c2ccccc2)C=C1. The van der Waals surface area contributed by atoms with Gasteiger partial charge in [0.25, 0.3) is 0 Å². The molecule has 1 heterocycles. The molecule has 2 aliphatic rings. The first kappa shape index (κ1) is 12.2. The minimum Gasteiger partial charge on any atom is -0.316 e. The molecule has 0 spiro atoms. The number of allylic oxidation sites excluding steroid dienone is 8. The Morgan fingerprint density at radius 2 is 1.05 bits per heavy atom. The lowest BCUT2D eigenvalue weighted by atomic mass is 10.1. The highest BCUT2D eigenvalue weighted by Crippen LogP contribution is 2.33. The van der Waals surface area contributed by atoms with Crippen LogP contribution >= 0.6 is 0 Å². The average molecular weight is 271 g/mol. The summed E-state index contributed by atoms with van der Waals surface area (Å²) < 4.78 is 2.40. The molecule has 0 amide bonds. The molecule has 0 N–H and O–H groups in total. The quantitative estimate of drug-likeness (QED) is 0.748. The van der Waals surface area contributed by atoms with Crippen molar-refractivity contribution in [3.63, 3.8) is 0 Å². The second-order valence-electron chi connectivity index (χ2n) is 5.45. The maximum atomic E-state index is 2.40. The van der Waals surface area contributed by atoms with Crippen molar-refractivity contribution in [1.29, 1.82) is 0 Å². The van der Waals surface area contributed by atoms with Crippen LogP contribution in [0.15, 0.2) is 91.1 Å². The predicted molar refractivity (Wildman–Crippen MR) is 87.8 cm³/mol. The Morgan fingerprint density at radius 1 is 0.571 bits per heavy atom. The second kappa shape index (κ2) is 5.10. The van der Waals surface area contributed by atoms with E-state index in [2.05, 4.69) is 95.6 Å². The zero-order valence-corrected chi connectivity index (χ0v) is 11.8. The number of nitrogens with zero attached hydrogens (tertiary/aromatic N) is 1. The number of hydrogen-bond acceptors (Lipinski definition) is 0. The fourth-order valence-corrected chi connectivity index (χ4v) is 3.12. The van der Waals surface area contributed by atoms with Crippen LogP contribution in [-0.2, 0) is 0 Å². The smallest absolute Gasteiger partial charge is 0.0455 e. The van der Waals surface area contributed by atoms with Crippen molar-refractivity contribution in [2.24, 2.45) is 0 Å². The van der Waals surface area contributed by atoms with Gasteiger partial charge in [0.05, 0.1) is 0 Å².